The third-order valence-electron chi connectivity index (χ3n) is 6.52. The molecule has 1 aliphatic heterocycles. The van der Waals surface area contributed by atoms with Crippen LogP contribution in [-0.4, -0.2) is 47.7 Å². The van der Waals surface area contributed by atoms with Crippen molar-refractivity contribution in [2.75, 3.05) is 25.0 Å². The predicted molar refractivity (Wildman–Crippen MR) is 150 cm³/mol. The number of piperidine rings is 1. The second-order valence-corrected chi connectivity index (χ2v) is 10.3. The first-order chi connectivity index (χ1) is 17.9. The van der Waals surface area contributed by atoms with E-state index in [4.69, 9.17) is 0 Å². The Hall–Kier alpha value is -3.33. The summed E-state index contributed by atoms with van der Waals surface area (Å²) in [7, 11) is 0. The number of aliphatic hydroxyl groups excluding tert-OH is 1. The van der Waals surface area contributed by atoms with Crippen molar-refractivity contribution in [3.8, 4) is 0 Å². The van der Waals surface area contributed by atoms with E-state index < -0.39 is 5.91 Å². The predicted octanol–water partition coefficient (Wildman–Crippen LogP) is 4.98. The van der Waals surface area contributed by atoms with Crippen LogP contribution < -0.4 is 10.7 Å². The average Bonchev–Trinajstić information content (AvgIpc) is 2.91. The summed E-state index contributed by atoms with van der Waals surface area (Å²) in [5, 5.41) is 16.2. The quantitative estimate of drug-likeness (QED) is 0.266. The molecule has 4 rings (SSSR count). The highest BCUT2D eigenvalue weighted by molar-refractivity contribution is 9.10. The molecule has 0 unspecified atom stereocenters. The molecule has 0 aromatic heterocycles. The van der Waals surface area contributed by atoms with E-state index in [0.29, 0.717) is 27.2 Å². The topological polar surface area (TPSA) is 94.0 Å². The molecule has 8 heteroatoms. The fraction of sp³-hybridized carbons (Fsp3) is 0.276. The van der Waals surface area contributed by atoms with Gasteiger partial charge >= 0.3 is 0 Å². The first-order valence-corrected chi connectivity index (χ1v) is 13.1. The Labute approximate surface area is 225 Å². The molecule has 3 N–H and O–H groups in total. The molecule has 0 atom stereocenters. The summed E-state index contributed by atoms with van der Waals surface area (Å²) in [6.07, 6.45) is 3.60. The van der Waals surface area contributed by atoms with Crippen LogP contribution in [0.1, 0.15) is 50.2 Å². The number of benzene rings is 3. The largest absolute Gasteiger partial charge is 0.396 e. The highest BCUT2D eigenvalue weighted by atomic mass is 79.9. The third kappa shape index (κ3) is 7.58. The summed E-state index contributed by atoms with van der Waals surface area (Å²) in [6, 6.07) is 20.4. The Bertz CT molecular complexity index is 1250. The molecule has 1 saturated heterocycles. The van der Waals surface area contributed by atoms with Gasteiger partial charge in [0.15, 0.2) is 0 Å². The SMILES string of the molecule is Cc1ccc(C=NNC(=O)c2cc(Br)ccc2NC(=O)c2ccc(CN3CCC(CO)CC3)cc2)cc1. The van der Waals surface area contributed by atoms with Gasteiger partial charge in [0.2, 0.25) is 0 Å². The summed E-state index contributed by atoms with van der Waals surface area (Å²) >= 11 is 3.40. The Morgan fingerprint density at radius 3 is 2.41 bits per heavy atom. The van der Waals surface area contributed by atoms with Gasteiger partial charge in [-0.1, -0.05) is 57.9 Å². The van der Waals surface area contributed by atoms with Crippen molar-refractivity contribution in [3.05, 3.63) is 99.0 Å². The lowest BCUT2D eigenvalue weighted by molar-refractivity contribution is 0.0956. The molecule has 7 nitrogen and oxygen atoms in total. The fourth-order valence-electron chi connectivity index (χ4n) is 4.23. The Morgan fingerprint density at radius 2 is 1.73 bits per heavy atom. The number of halogens is 1. The maximum atomic E-state index is 13.0. The number of hydrazone groups is 1. The van der Waals surface area contributed by atoms with Crippen LogP contribution in [0.3, 0.4) is 0 Å². The molecule has 3 aromatic carbocycles. The van der Waals surface area contributed by atoms with Crippen molar-refractivity contribution in [2.45, 2.75) is 26.3 Å². The lowest BCUT2D eigenvalue weighted by Gasteiger charge is -2.31. The third-order valence-corrected chi connectivity index (χ3v) is 7.01. The van der Waals surface area contributed by atoms with Crippen LogP contribution in [0.4, 0.5) is 5.69 Å². The standard InChI is InChI=1S/C29H31BrN4O3/c1-20-2-4-21(5-3-20)17-31-33-29(37)26-16-25(30)10-11-27(26)32-28(36)24-8-6-22(7-9-24)18-34-14-12-23(19-35)13-15-34/h2-11,16-17,23,35H,12-15,18-19H2,1H3,(H,32,36)(H,33,37). The number of nitrogens with zero attached hydrogens (tertiary/aromatic N) is 2. The van der Waals surface area contributed by atoms with Gasteiger partial charge in [0, 0.05) is 23.2 Å². The van der Waals surface area contributed by atoms with Gasteiger partial charge in [0.05, 0.1) is 17.5 Å². The molecule has 0 bridgehead atoms. The van der Waals surface area contributed by atoms with Crippen molar-refractivity contribution < 1.29 is 14.7 Å². The zero-order chi connectivity index (χ0) is 26.2. The summed E-state index contributed by atoms with van der Waals surface area (Å²) in [5.41, 5.74) is 6.88. The molecular weight excluding hydrogens is 532 g/mol. The minimum atomic E-state index is -0.430. The molecule has 1 aliphatic rings. The van der Waals surface area contributed by atoms with Crippen LogP contribution >= 0.6 is 15.9 Å². The summed E-state index contributed by atoms with van der Waals surface area (Å²) < 4.78 is 0.713. The van der Waals surface area contributed by atoms with E-state index in [1.165, 1.54) is 0 Å². The van der Waals surface area contributed by atoms with Crippen LogP contribution in [0, 0.1) is 12.8 Å². The smallest absolute Gasteiger partial charge is 0.273 e. The Morgan fingerprint density at radius 1 is 1.03 bits per heavy atom. The molecule has 2 amide bonds. The van der Waals surface area contributed by atoms with E-state index in [1.807, 2.05) is 43.3 Å². The number of hydrogen-bond acceptors (Lipinski definition) is 5. The first kappa shape index (κ1) is 26.7. The van der Waals surface area contributed by atoms with E-state index in [1.54, 1.807) is 36.5 Å². The normalized spacial score (nSPS) is 14.6. The van der Waals surface area contributed by atoms with Crippen molar-refractivity contribution in [1.82, 2.24) is 10.3 Å². The number of carbonyl (C=O) groups excluding carboxylic acids is 2. The van der Waals surface area contributed by atoms with Crippen LogP contribution in [0.15, 0.2) is 76.3 Å². The van der Waals surface area contributed by atoms with Gasteiger partial charge in [-0.15, -0.1) is 0 Å². The van der Waals surface area contributed by atoms with Crippen molar-refractivity contribution >= 4 is 39.6 Å². The number of amides is 2. The molecule has 1 heterocycles. The average molecular weight is 563 g/mol. The van der Waals surface area contributed by atoms with Crippen molar-refractivity contribution in [2.24, 2.45) is 11.0 Å². The molecule has 0 spiro atoms. The number of hydrogen-bond donors (Lipinski definition) is 3. The van der Waals surface area contributed by atoms with E-state index in [9.17, 15) is 14.7 Å². The van der Waals surface area contributed by atoms with Crippen molar-refractivity contribution in [3.63, 3.8) is 0 Å². The van der Waals surface area contributed by atoms with Gasteiger partial charge in [-0.2, -0.15) is 5.10 Å². The van der Waals surface area contributed by atoms with Gasteiger partial charge in [-0.25, -0.2) is 5.43 Å². The van der Waals surface area contributed by atoms with Crippen LogP contribution in [-0.2, 0) is 6.54 Å². The number of nitrogens with one attached hydrogen (secondary N) is 2. The van der Waals surface area contributed by atoms with E-state index in [0.717, 1.165) is 49.2 Å². The van der Waals surface area contributed by atoms with Crippen LogP contribution in [0.2, 0.25) is 0 Å². The number of aryl methyl sites for hydroxylation is 1. The highest BCUT2D eigenvalue weighted by Gasteiger charge is 2.19. The lowest BCUT2D eigenvalue weighted by Crippen LogP contribution is -2.34. The summed E-state index contributed by atoms with van der Waals surface area (Å²) in [5.74, 6) is -0.317. The second kappa shape index (κ2) is 12.8. The number of anilines is 1. The monoisotopic (exact) mass is 562 g/mol. The molecule has 37 heavy (non-hydrogen) atoms. The van der Waals surface area contributed by atoms with Gasteiger partial charge in [0.25, 0.3) is 11.8 Å². The Balaban J connectivity index is 1.38. The van der Waals surface area contributed by atoms with E-state index in [-0.39, 0.29) is 12.5 Å². The Kier molecular flexibility index (Phi) is 9.22. The molecule has 192 valence electrons. The number of aliphatic hydroxyl groups is 1. The van der Waals surface area contributed by atoms with Gasteiger partial charge in [-0.05, 0) is 80.2 Å². The van der Waals surface area contributed by atoms with Crippen molar-refractivity contribution in [1.29, 1.82) is 0 Å². The molecule has 0 aliphatic carbocycles. The minimum Gasteiger partial charge on any atom is -0.396 e. The van der Waals surface area contributed by atoms with Gasteiger partial charge in [-0.3, -0.25) is 14.5 Å². The molecule has 3 aromatic rings. The highest BCUT2D eigenvalue weighted by Crippen LogP contribution is 2.23. The number of rotatable bonds is 8. The maximum Gasteiger partial charge on any atom is 0.273 e. The van der Waals surface area contributed by atoms with Crippen LogP contribution in [0.25, 0.3) is 0 Å². The molecule has 0 radical (unpaired) electrons. The van der Waals surface area contributed by atoms with Gasteiger partial charge in [0.1, 0.15) is 0 Å². The lowest BCUT2D eigenvalue weighted by atomic mass is 9.97. The molecular formula is C29H31BrN4O3. The second-order valence-electron chi connectivity index (χ2n) is 9.35. The number of carbonyl (C=O) groups is 2. The summed E-state index contributed by atoms with van der Waals surface area (Å²) in [4.78, 5) is 28.2. The number of likely N-dealkylation sites (tertiary alicyclic amines) is 1. The molecule has 1 fully saturated rings. The first-order valence-electron chi connectivity index (χ1n) is 12.3. The zero-order valence-corrected chi connectivity index (χ0v) is 22.4. The molecule has 0 saturated carbocycles. The summed E-state index contributed by atoms with van der Waals surface area (Å²) in [6.45, 7) is 5.03. The maximum absolute atomic E-state index is 13.0. The minimum absolute atomic E-state index is 0.264. The van der Waals surface area contributed by atoms with Crippen LogP contribution in [0.5, 0.6) is 0 Å². The zero-order valence-electron chi connectivity index (χ0n) is 20.8. The van der Waals surface area contributed by atoms with E-state index >= 15 is 0 Å². The van der Waals surface area contributed by atoms with E-state index in [2.05, 4.69) is 36.7 Å². The van der Waals surface area contributed by atoms with Gasteiger partial charge < -0.3 is 10.4 Å². The fourth-order valence-corrected chi connectivity index (χ4v) is 4.59.